The highest BCUT2D eigenvalue weighted by molar-refractivity contribution is 6.30. The normalized spacial score (nSPS) is 24.6. The van der Waals surface area contributed by atoms with Crippen molar-refractivity contribution in [3.05, 3.63) is 34.9 Å². The van der Waals surface area contributed by atoms with Crippen LogP contribution in [0.15, 0.2) is 24.3 Å². The molecule has 1 heterocycles. The molecule has 3 heteroatoms. The third-order valence-corrected chi connectivity index (χ3v) is 5.24. The maximum absolute atomic E-state index is 6.14. The van der Waals surface area contributed by atoms with E-state index in [1.165, 1.54) is 18.4 Å². The van der Waals surface area contributed by atoms with Gasteiger partial charge in [-0.25, -0.2) is 0 Å². The van der Waals surface area contributed by atoms with Crippen molar-refractivity contribution in [3.63, 3.8) is 0 Å². The maximum atomic E-state index is 6.14. The van der Waals surface area contributed by atoms with E-state index in [2.05, 4.69) is 50.0 Å². The Balaban J connectivity index is 2.20. The lowest BCUT2D eigenvalue weighted by molar-refractivity contribution is 0.0497. The zero-order valence-electron chi connectivity index (χ0n) is 13.1. The van der Waals surface area contributed by atoms with Crippen molar-refractivity contribution >= 4 is 11.6 Å². The molecule has 2 atom stereocenters. The Morgan fingerprint density at radius 1 is 1.40 bits per heavy atom. The second-order valence-electron chi connectivity index (χ2n) is 6.12. The number of benzene rings is 1. The van der Waals surface area contributed by atoms with E-state index >= 15 is 0 Å². The molecule has 1 aliphatic heterocycles. The van der Waals surface area contributed by atoms with Gasteiger partial charge in [0.2, 0.25) is 0 Å². The summed E-state index contributed by atoms with van der Waals surface area (Å²) in [6.07, 6.45) is 2.35. The summed E-state index contributed by atoms with van der Waals surface area (Å²) in [7, 11) is 0. The van der Waals surface area contributed by atoms with Gasteiger partial charge in [0.1, 0.15) is 0 Å². The van der Waals surface area contributed by atoms with Gasteiger partial charge in [-0.15, -0.1) is 0 Å². The van der Waals surface area contributed by atoms with Crippen LogP contribution in [-0.4, -0.2) is 29.6 Å². The molecule has 0 aliphatic carbocycles. The van der Waals surface area contributed by atoms with E-state index in [1.807, 2.05) is 12.1 Å². The van der Waals surface area contributed by atoms with Gasteiger partial charge in [-0.1, -0.05) is 37.6 Å². The first-order chi connectivity index (χ1) is 9.51. The van der Waals surface area contributed by atoms with Crippen LogP contribution in [0.2, 0.25) is 5.02 Å². The number of hydrogen-bond donors (Lipinski definition) is 1. The topological polar surface area (TPSA) is 15.3 Å². The van der Waals surface area contributed by atoms with Crippen LogP contribution in [0, 0.1) is 0 Å². The second kappa shape index (κ2) is 6.46. The van der Waals surface area contributed by atoms with Crippen LogP contribution in [-0.2, 0) is 0 Å². The van der Waals surface area contributed by atoms with Gasteiger partial charge in [-0.2, -0.15) is 0 Å². The largest absolute Gasteiger partial charge is 0.308 e. The molecule has 0 radical (unpaired) electrons. The Kier molecular flexibility index (Phi) is 5.11. The minimum Gasteiger partial charge on any atom is -0.308 e. The zero-order chi connectivity index (χ0) is 14.8. The number of rotatable bonds is 4. The monoisotopic (exact) mass is 294 g/mol. The molecule has 0 amide bonds. The molecule has 2 nitrogen and oxygen atoms in total. The molecule has 1 saturated heterocycles. The van der Waals surface area contributed by atoms with E-state index in [0.29, 0.717) is 12.1 Å². The van der Waals surface area contributed by atoms with E-state index in [0.717, 1.165) is 18.1 Å². The van der Waals surface area contributed by atoms with Crippen LogP contribution < -0.4 is 5.32 Å². The van der Waals surface area contributed by atoms with Crippen molar-refractivity contribution in [1.82, 2.24) is 10.2 Å². The first kappa shape index (κ1) is 15.8. The smallest absolute Gasteiger partial charge is 0.0409 e. The van der Waals surface area contributed by atoms with Crippen LogP contribution in [0.4, 0.5) is 0 Å². The Morgan fingerprint density at radius 2 is 2.10 bits per heavy atom. The molecule has 112 valence electrons. The predicted molar refractivity (Wildman–Crippen MR) is 87.4 cm³/mol. The molecule has 1 N–H and O–H groups in total. The van der Waals surface area contributed by atoms with Crippen molar-refractivity contribution in [3.8, 4) is 0 Å². The summed E-state index contributed by atoms with van der Waals surface area (Å²) >= 11 is 6.14. The fraction of sp³-hybridized carbons (Fsp3) is 0.647. The van der Waals surface area contributed by atoms with E-state index in [-0.39, 0.29) is 5.54 Å². The molecule has 1 aromatic carbocycles. The molecule has 0 aromatic heterocycles. The van der Waals surface area contributed by atoms with Crippen LogP contribution in [0.5, 0.6) is 0 Å². The van der Waals surface area contributed by atoms with Crippen LogP contribution in [0.3, 0.4) is 0 Å². The van der Waals surface area contributed by atoms with Gasteiger partial charge in [0.15, 0.2) is 0 Å². The Hall–Kier alpha value is -0.570. The highest BCUT2D eigenvalue weighted by atomic mass is 35.5. The molecule has 2 unspecified atom stereocenters. The van der Waals surface area contributed by atoms with Crippen LogP contribution >= 0.6 is 11.6 Å². The van der Waals surface area contributed by atoms with Gasteiger partial charge in [-0.05, 0) is 44.4 Å². The van der Waals surface area contributed by atoms with E-state index < -0.39 is 0 Å². The summed E-state index contributed by atoms with van der Waals surface area (Å²) in [4.78, 5) is 2.62. The molecule has 0 bridgehead atoms. The summed E-state index contributed by atoms with van der Waals surface area (Å²) in [6, 6.07) is 9.24. The minimum atomic E-state index is 0.263. The summed E-state index contributed by atoms with van der Waals surface area (Å²) in [5, 5.41) is 4.59. The molecule has 1 aliphatic rings. The van der Waals surface area contributed by atoms with E-state index in [9.17, 15) is 0 Å². The van der Waals surface area contributed by atoms with Crippen molar-refractivity contribution < 1.29 is 0 Å². The fourth-order valence-electron chi connectivity index (χ4n) is 3.24. The van der Waals surface area contributed by atoms with Crippen LogP contribution in [0.25, 0.3) is 0 Å². The summed E-state index contributed by atoms with van der Waals surface area (Å²) in [5.41, 5.74) is 1.58. The fourth-order valence-corrected chi connectivity index (χ4v) is 3.44. The molecule has 1 aromatic rings. The molecule has 1 fully saturated rings. The lowest BCUT2D eigenvalue weighted by atomic mass is 9.87. The average molecular weight is 295 g/mol. The molecule has 20 heavy (non-hydrogen) atoms. The van der Waals surface area contributed by atoms with Crippen molar-refractivity contribution in [2.45, 2.75) is 58.2 Å². The van der Waals surface area contributed by atoms with E-state index in [4.69, 9.17) is 11.6 Å². The number of nitrogens with one attached hydrogen (secondary N) is 1. The predicted octanol–water partition coefficient (Wildman–Crippen LogP) is 4.25. The van der Waals surface area contributed by atoms with Crippen molar-refractivity contribution in [1.29, 1.82) is 0 Å². The third kappa shape index (κ3) is 3.19. The van der Waals surface area contributed by atoms with Crippen molar-refractivity contribution in [2.75, 3.05) is 13.1 Å². The number of halogens is 1. The highest BCUT2D eigenvalue weighted by Crippen LogP contribution is 2.31. The highest BCUT2D eigenvalue weighted by Gasteiger charge is 2.37. The lowest BCUT2D eigenvalue weighted by Gasteiger charge is -2.49. The number of nitrogens with zero attached hydrogens (tertiary/aromatic N) is 1. The summed E-state index contributed by atoms with van der Waals surface area (Å²) < 4.78 is 0. The third-order valence-electron chi connectivity index (χ3n) is 5.01. The van der Waals surface area contributed by atoms with Gasteiger partial charge in [0.25, 0.3) is 0 Å². The maximum Gasteiger partial charge on any atom is 0.0409 e. The second-order valence-corrected chi connectivity index (χ2v) is 6.56. The first-order valence-electron chi connectivity index (χ1n) is 7.77. The quantitative estimate of drug-likeness (QED) is 0.893. The standard InChI is InChI=1S/C17H27ClN2/c1-5-17(6-2)12-20(13(3)11-19-17)14(4)15-8-7-9-16(18)10-15/h7-10,13-14,19H,5-6,11-12H2,1-4H3. The summed E-state index contributed by atoms with van der Waals surface area (Å²) in [5.74, 6) is 0. The minimum absolute atomic E-state index is 0.263. The summed E-state index contributed by atoms with van der Waals surface area (Å²) in [6.45, 7) is 11.3. The molecule has 0 saturated carbocycles. The average Bonchev–Trinajstić information content (AvgIpc) is 2.47. The number of piperazine rings is 1. The van der Waals surface area contributed by atoms with Crippen LogP contribution in [0.1, 0.15) is 52.1 Å². The van der Waals surface area contributed by atoms with Gasteiger partial charge >= 0.3 is 0 Å². The van der Waals surface area contributed by atoms with Gasteiger partial charge < -0.3 is 5.32 Å². The molecule has 2 rings (SSSR count). The van der Waals surface area contributed by atoms with Gasteiger partial charge in [-0.3, -0.25) is 4.90 Å². The zero-order valence-corrected chi connectivity index (χ0v) is 13.9. The van der Waals surface area contributed by atoms with Gasteiger partial charge in [0.05, 0.1) is 0 Å². The molecular formula is C17H27ClN2. The Labute approximate surface area is 128 Å². The SMILES string of the molecule is CCC1(CC)CN(C(C)c2cccc(Cl)c2)C(C)CN1. The first-order valence-corrected chi connectivity index (χ1v) is 8.15. The Morgan fingerprint density at radius 3 is 2.70 bits per heavy atom. The number of hydrogen-bond acceptors (Lipinski definition) is 2. The molecule has 0 spiro atoms. The molecular weight excluding hydrogens is 268 g/mol. The Bertz CT molecular complexity index is 442. The van der Waals surface area contributed by atoms with Gasteiger partial charge in [0, 0.05) is 35.7 Å². The van der Waals surface area contributed by atoms with Crippen molar-refractivity contribution in [2.24, 2.45) is 0 Å². The van der Waals surface area contributed by atoms with E-state index in [1.54, 1.807) is 0 Å². The lowest BCUT2D eigenvalue weighted by Crippen LogP contribution is -2.63.